The summed E-state index contributed by atoms with van der Waals surface area (Å²) >= 11 is 5.76. The summed E-state index contributed by atoms with van der Waals surface area (Å²) in [6.07, 6.45) is 3.93. The van der Waals surface area contributed by atoms with E-state index in [1.807, 2.05) is 0 Å². The van der Waals surface area contributed by atoms with Gasteiger partial charge in [0, 0.05) is 10.7 Å². The zero-order chi connectivity index (χ0) is 12.1. The standard InChI is InChI=1S/C13H17ClN2O/c14-11-4-6-12(7-5-11)16-13(17)9-15-8-10-2-1-3-10/h4-7,10,15H,1-3,8-9H2,(H,16,17). The minimum absolute atomic E-state index is 0.00774. The Labute approximate surface area is 107 Å². The summed E-state index contributed by atoms with van der Waals surface area (Å²) in [6, 6.07) is 7.12. The monoisotopic (exact) mass is 252 g/mol. The number of anilines is 1. The van der Waals surface area contributed by atoms with Crippen LogP contribution < -0.4 is 10.6 Å². The van der Waals surface area contributed by atoms with Gasteiger partial charge in [0.1, 0.15) is 0 Å². The van der Waals surface area contributed by atoms with Gasteiger partial charge >= 0.3 is 0 Å². The van der Waals surface area contributed by atoms with E-state index in [4.69, 9.17) is 11.6 Å². The van der Waals surface area contributed by atoms with Gasteiger partial charge in [-0.05, 0) is 49.6 Å². The molecular weight excluding hydrogens is 236 g/mol. The van der Waals surface area contributed by atoms with Crippen LogP contribution in [0.2, 0.25) is 5.02 Å². The van der Waals surface area contributed by atoms with Crippen molar-refractivity contribution in [3.63, 3.8) is 0 Å². The molecule has 0 atom stereocenters. The molecular formula is C13H17ClN2O. The molecule has 0 bridgehead atoms. The van der Waals surface area contributed by atoms with Gasteiger partial charge in [0.05, 0.1) is 6.54 Å². The second-order valence-corrected chi connectivity index (χ2v) is 4.92. The maximum absolute atomic E-state index is 11.6. The zero-order valence-electron chi connectivity index (χ0n) is 9.71. The molecule has 1 aromatic rings. The van der Waals surface area contributed by atoms with Crippen molar-refractivity contribution in [3.8, 4) is 0 Å². The third kappa shape index (κ3) is 4.02. The van der Waals surface area contributed by atoms with Crippen molar-refractivity contribution in [1.82, 2.24) is 5.32 Å². The van der Waals surface area contributed by atoms with E-state index < -0.39 is 0 Å². The predicted octanol–water partition coefficient (Wildman–Crippen LogP) is 2.67. The fourth-order valence-electron chi connectivity index (χ4n) is 1.83. The van der Waals surface area contributed by atoms with Gasteiger partial charge < -0.3 is 10.6 Å². The minimum atomic E-state index is -0.00774. The van der Waals surface area contributed by atoms with Crippen molar-refractivity contribution in [2.24, 2.45) is 5.92 Å². The van der Waals surface area contributed by atoms with Crippen molar-refractivity contribution in [2.45, 2.75) is 19.3 Å². The molecule has 1 saturated carbocycles. The highest BCUT2D eigenvalue weighted by Gasteiger charge is 2.16. The molecule has 1 amide bonds. The van der Waals surface area contributed by atoms with Gasteiger partial charge in [0.25, 0.3) is 0 Å². The van der Waals surface area contributed by atoms with Gasteiger partial charge in [0.2, 0.25) is 5.91 Å². The molecule has 0 heterocycles. The summed E-state index contributed by atoms with van der Waals surface area (Å²) in [5, 5.41) is 6.67. The van der Waals surface area contributed by atoms with E-state index in [-0.39, 0.29) is 5.91 Å². The zero-order valence-corrected chi connectivity index (χ0v) is 10.5. The number of carbonyl (C=O) groups excluding carboxylic acids is 1. The average molecular weight is 253 g/mol. The van der Waals surface area contributed by atoms with Crippen LogP contribution in [0.15, 0.2) is 24.3 Å². The SMILES string of the molecule is O=C(CNCC1CCC1)Nc1ccc(Cl)cc1. The quantitative estimate of drug-likeness (QED) is 0.846. The normalized spacial score (nSPS) is 15.4. The molecule has 1 aliphatic rings. The summed E-state index contributed by atoms with van der Waals surface area (Å²) in [5.41, 5.74) is 0.782. The molecule has 0 aliphatic heterocycles. The van der Waals surface area contributed by atoms with E-state index in [0.717, 1.165) is 18.2 Å². The van der Waals surface area contributed by atoms with Crippen LogP contribution in [0.5, 0.6) is 0 Å². The van der Waals surface area contributed by atoms with Crippen LogP contribution in [-0.4, -0.2) is 19.0 Å². The first-order valence-electron chi connectivity index (χ1n) is 6.00. The lowest BCUT2D eigenvalue weighted by Crippen LogP contribution is -2.33. The van der Waals surface area contributed by atoms with Crippen LogP contribution in [0.25, 0.3) is 0 Å². The molecule has 1 aromatic carbocycles. The third-order valence-electron chi connectivity index (χ3n) is 3.07. The first-order chi connectivity index (χ1) is 8.24. The van der Waals surface area contributed by atoms with Crippen molar-refractivity contribution < 1.29 is 4.79 Å². The summed E-state index contributed by atoms with van der Waals surface area (Å²) < 4.78 is 0. The Hall–Kier alpha value is -1.06. The minimum Gasteiger partial charge on any atom is -0.325 e. The Kier molecular flexibility index (Phi) is 4.40. The predicted molar refractivity (Wildman–Crippen MR) is 70.3 cm³/mol. The number of carbonyl (C=O) groups is 1. The van der Waals surface area contributed by atoms with E-state index in [9.17, 15) is 4.79 Å². The topological polar surface area (TPSA) is 41.1 Å². The maximum Gasteiger partial charge on any atom is 0.238 e. The van der Waals surface area contributed by atoms with Crippen molar-refractivity contribution in [1.29, 1.82) is 0 Å². The summed E-state index contributed by atoms with van der Waals surface area (Å²) in [5.74, 6) is 0.768. The molecule has 92 valence electrons. The van der Waals surface area contributed by atoms with Crippen LogP contribution in [0, 0.1) is 5.92 Å². The van der Waals surface area contributed by atoms with E-state index in [1.54, 1.807) is 24.3 Å². The first kappa shape index (κ1) is 12.4. The van der Waals surface area contributed by atoms with Gasteiger partial charge in [-0.15, -0.1) is 0 Å². The molecule has 3 nitrogen and oxygen atoms in total. The Morgan fingerprint density at radius 3 is 2.59 bits per heavy atom. The number of hydrogen-bond acceptors (Lipinski definition) is 2. The van der Waals surface area contributed by atoms with Crippen LogP contribution in [0.3, 0.4) is 0 Å². The maximum atomic E-state index is 11.6. The molecule has 1 aliphatic carbocycles. The van der Waals surface area contributed by atoms with E-state index >= 15 is 0 Å². The van der Waals surface area contributed by atoms with Gasteiger partial charge in [-0.3, -0.25) is 4.79 Å². The second kappa shape index (κ2) is 6.03. The average Bonchev–Trinajstić information content (AvgIpc) is 2.25. The number of amides is 1. The van der Waals surface area contributed by atoms with E-state index in [0.29, 0.717) is 11.6 Å². The number of benzene rings is 1. The second-order valence-electron chi connectivity index (χ2n) is 4.48. The largest absolute Gasteiger partial charge is 0.325 e. The third-order valence-corrected chi connectivity index (χ3v) is 3.32. The number of rotatable bonds is 5. The summed E-state index contributed by atoms with van der Waals surface area (Å²) in [4.78, 5) is 11.6. The number of nitrogens with one attached hydrogen (secondary N) is 2. The highest BCUT2D eigenvalue weighted by molar-refractivity contribution is 6.30. The Balaban J connectivity index is 1.67. The smallest absolute Gasteiger partial charge is 0.238 e. The van der Waals surface area contributed by atoms with Crippen LogP contribution in [-0.2, 0) is 4.79 Å². The molecule has 0 radical (unpaired) electrons. The summed E-state index contributed by atoms with van der Waals surface area (Å²) in [7, 11) is 0. The van der Waals surface area contributed by atoms with Gasteiger partial charge in [-0.25, -0.2) is 0 Å². The lowest BCUT2D eigenvalue weighted by atomic mass is 9.85. The molecule has 1 fully saturated rings. The Morgan fingerprint density at radius 2 is 2.00 bits per heavy atom. The number of hydrogen-bond donors (Lipinski definition) is 2. The van der Waals surface area contributed by atoms with Gasteiger partial charge in [0.15, 0.2) is 0 Å². The molecule has 2 N–H and O–H groups in total. The molecule has 0 spiro atoms. The molecule has 0 saturated heterocycles. The van der Waals surface area contributed by atoms with Crippen molar-refractivity contribution in [2.75, 3.05) is 18.4 Å². The lowest BCUT2D eigenvalue weighted by Gasteiger charge is -2.25. The van der Waals surface area contributed by atoms with Crippen molar-refractivity contribution in [3.05, 3.63) is 29.3 Å². The first-order valence-corrected chi connectivity index (χ1v) is 6.38. The van der Waals surface area contributed by atoms with Crippen LogP contribution in [0.4, 0.5) is 5.69 Å². The Bertz CT molecular complexity index is 374. The van der Waals surface area contributed by atoms with Gasteiger partial charge in [-0.1, -0.05) is 18.0 Å². The highest BCUT2D eigenvalue weighted by atomic mass is 35.5. The molecule has 17 heavy (non-hydrogen) atoms. The van der Waals surface area contributed by atoms with Crippen molar-refractivity contribution >= 4 is 23.2 Å². The fourth-order valence-corrected chi connectivity index (χ4v) is 1.95. The number of halogens is 1. The van der Waals surface area contributed by atoms with Gasteiger partial charge in [-0.2, -0.15) is 0 Å². The Morgan fingerprint density at radius 1 is 1.29 bits per heavy atom. The molecule has 0 unspecified atom stereocenters. The molecule has 0 aromatic heterocycles. The van der Waals surface area contributed by atoms with Crippen LogP contribution >= 0.6 is 11.6 Å². The fraction of sp³-hybridized carbons (Fsp3) is 0.462. The van der Waals surface area contributed by atoms with E-state index in [1.165, 1.54) is 19.3 Å². The lowest BCUT2D eigenvalue weighted by molar-refractivity contribution is -0.115. The van der Waals surface area contributed by atoms with Crippen LogP contribution in [0.1, 0.15) is 19.3 Å². The molecule has 4 heteroatoms. The highest BCUT2D eigenvalue weighted by Crippen LogP contribution is 2.24. The molecule has 2 rings (SSSR count). The summed E-state index contributed by atoms with van der Waals surface area (Å²) in [6.45, 7) is 1.33. The van der Waals surface area contributed by atoms with E-state index in [2.05, 4.69) is 10.6 Å².